The van der Waals surface area contributed by atoms with Gasteiger partial charge in [0.15, 0.2) is 0 Å². The smallest absolute Gasteiger partial charge is 0.314 e. The van der Waals surface area contributed by atoms with E-state index in [1.54, 1.807) is 13.3 Å². The minimum atomic E-state index is -0.224. The second kappa shape index (κ2) is 8.06. The van der Waals surface area contributed by atoms with Crippen molar-refractivity contribution in [2.75, 3.05) is 33.4 Å². The van der Waals surface area contributed by atoms with Crippen molar-refractivity contribution in [1.29, 1.82) is 0 Å². The van der Waals surface area contributed by atoms with Crippen LogP contribution < -0.4 is 15.4 Å². The molecule has 0 aliphatic rings. The Kier molecular flexibility index (Phi) is 5.78. The molecule has 1 heterocycles. The monoisotopic (exact) mass is 289 g/mol. The van der Waals surface area contributed by atoms with Crippen molar-refractivity contribution >= 4 is 16.9 Å². The molecule has 0 unspecified atom stereocenters. The van der Waals surface area contributed by atoms with Crippen LogP contribution in [-0.4, -0.2) is 44.4 Å². The van der Waals surface area contributed by atoms with Gasteiger partial charge in [0.1, 0.15) is 12.4 Å². The lowest BCUT2D eigenvalue weighted by atomic mass is 10.2. The molecule has 0 bridgehead atoms. The highest BCUT2D eigenvalue weighted by Crippen LogP contribution is 2.18. The van der Waals surface area contributed by atoms with Gasteiger partial charge in [0, 0.05) is 25.2 Å². The molecule has 0 saturated heterocycles. The number of urea groups is 1. The van der Waals surface area contributed by atoms with Gasteiger partial charge in [0.05, 0.1) is 18.7 Å². The van der Waals surface area contributed by atoms with E-state index in [4.69, 9.17) is 9.47 Å². The Balaban J connectivity index is 1.71. The van der Waals surface area contributed by atoms with Crippen LogP contribution in [0.2, 0.25) is 0 Å². The highest BCUT2D eigenvalue weighted by molar-refractivity contribution is 5.79. The van der Waals surface area contributed by atoms with E-state index in [1.807, 2.05) is 30.3 Å². The number of pyridine rings is 1. The molecule has 6 nitrogen and oxygen atoms in total. The summed E-state index contributed by atoms with van der Waals surface area (Å²) in [6.45, 7) is 1.82. The Hall–Kier alpha value is -2.34. The lowest BCUT2D eigenvalue weighted by Crippen LogP contribution is -2.39. The van der Waals surface area contributed by atoms with Crippen LogP contribution >= 0.6 is 0 Å². The first-order valence-corrected chi connectivity index (χ1v) is 6.78. The van der Waals surface area contributed by atoms with E-state index in [1.165, 1.54) is 0 Å². The minimum Gasteiger partial charge on any atom is -0.492 e. The van der Waals surface area contributed by atoms with Gasteiger partial charge in [-0.1, -0.05) is 6.07 Å². The second-order valence-electron chi connectivity index (χ2n) is 4.38. The molecular formula is C15H19N3O3. The topological polar surface area (TPSA) is 72.5 Å². The van der Waals surface area contributed by atoms with Crippen LogP contribution in [0.4, 0.5) is 4.79 Å². The molecule has 0 aliphatic heterocycles. The number of carbonyl (C=O) groups is 1. The number of nitrogens with zero attached hydrogens (tertiary/aromatic N) is 1. The number of carbonyl (C=O) groups excluding carboxylic acids is 1. The van der Waals surface area contributed by atoms with E-state index >= 15 is 0 Å². The summed E-state index contributed by atoms with van der Waals surface area (Å²) < 4.78 is 10.4. The van der Waals surface area contributed by atoms with E-state index in [-0.39, 0.29) is 6.03 Å². The molecule has 0 saturated carbocycles. The van der Waals surface area contributed by atoms with Crippen LogP contribution in [0.15, 0.2) is 36.5 Å². The van der Waals surface area contributed by atoms with Gasteiger partial charge in [-0.25, -0.2) is 4.79 Å². The first kappa shape index (κ1) is 15.1. The van der Waals surface area contributed by atoms with E-state index in [2.05, 4.69) is 15.6 Å². The van der Waals surface area contributed by atoms with Crippen LogP contribution in [0.25, 0.3) is 10.9 Å². The van der Waals surface area contributed by atoms with Gasteiger partial charge in [-0.05, 0) is 24.3 Å². The number of rotatable bonds is 7. The minimum absolute atomic E-state index is 0.224. The van der Waals surface area contributed by atoms with E-state index < -0.39 is 0 Å². The van der Waals surface area contributed by atoms with Gasteiger partial charge < -0.3 is 20.1 Å². The van der Waals surface area contributed by atoms with Gasteiger partial charge in [-0.2, -0.15) is 0 Å². The predicted octanol–water partition coefficient (Wildman–Crippen LogP) is 1.56. The zero-order valence-electron chi connectivity index (χ0n) is 12.0. The zero-order valence-corrected chi connectivity index (χ0v) is 12.0. The van der Waals surface area contributed by atoms with Crippen LogP contribution in [0.5, 0.6) is 5.75 Å². The number of ether oxygens (including phenoxy) is 2. The van der Waals surface area contributed by atoms with Crippen molar-refractivity contribution in [3.05, 3.63) is 36.5 Å². The SMILES string of the molecule is COCCNC(=O)NCCOc1ccc2ncccc2c1. The van der Waals surface area contributed by atoms with Crippen molar-refractivity contribution < 1.29 is 14.3 Å². The van der Waals surface area contributed by atoms with Crippen LogP contribution in [0.3, 0.4) is 0 Å². The van der Waals surface area contributed by atoms with Crippen LogP contribution in [0.1, 0.15) is 0 Å². The molecule has 2 N–H and O–H groups in total. The fraction of sp³-hybridized carbons (Fsp3) is 0.333. The van der Waals surface area contributed by atoms with Gasteiger partial charge >= 0.3 is 6.03 Å². The van der Waals surface area contributed by atoms with Gasteiger partial charge in [-0.15, -0.1) is 0 Å². The molecule has 0 atom stereocenters. The molecule has 2 amide bonds. The van der Waals surface area contributed by atoms with Gasteiger partial charge in [0.25, 0.3) is 0 Å². The van der Waals surface area contributed by atoms with Gasteiger partial charge in [-0.3, -0.25) is 4.98 Å². The molecular weight excluding hydrogens is 270 g/mol. The molecule has 2 rings (SSSR count). The average molecular weight is 289 g/mol. The molecule has 6 heteroatoms. The summed E-state index contributed by atoms with van der Waals surface area (Å²) in [7, 11) is 1.59. The number of benzene rings is 1. The molecule has 2 aromatic rings. The highest BCUT2D eigenvalue weighted by Gasteiger charge is 2.00. The number of hydrogen-bond acceptors (Lipinski definition) is 4. The number of nitrogens with one attached hydrogen (secondary N) is 2. The highest BCUT2D eigenvalue weighted by atomic mass is 16.5. The van der Waals surface area contributed by atoms with Crippen molar-refractivity contribution in [1.82, 2.24) is 15.6 Å². The van der Waals surface area contributed by atoms with Crippen LogP contribution in [-0.2, 0) is 4.74 Å². The molecule has 112 valence electrons. The third-order valence-corrected chi connectivity index (χ3v) is 2.82. The Labute approximate surface area is 123 Å². The fourth-order valence-corrected chi connectivity index (χ4v) is 1.81. The number of aromatic nitrogens is 1. The molecule has 1 aromatic carbocycles. The summed E-state index contributed by atoms with van der Waals surface area (Å²) in [5, 5.41) is 6.40. The summed E-state index contributed by atoms with van der Waals surface area (Å²) in [6, 6.07) is 9.36. The summed E-state index contributed by atoms with van der Waals surface area (Å²) >= 11 is 0. The first-order chi connectivity index (χ1) is 10.3. The van der Waals surface area contributed by atoms with E-state index in [0.717, 1.165) is 16.7 Å². The average Bonchev–Trinajstić information content (AvgIpc) is 2.52. The number of fused-ring (bicyclic) bond motifs is 1. The Morgan fingerprint density at radius 2 is 2.00 bits per heavy atom. The summed E-state index contributed by atoms with van der Waals surface area (Å²) in [6.07, 6.45) is 1.76. The lowest BCUT2D eigenvalue weighted by Gasteiger charge is -2.09. The van der Waals surface area contributed by atoms with Gasteiger partial charge in [0.2, 0.25) is 0 Å². The molecule has 21 heavy (non-hydrogen) atoms. The number of methoxy groups -OCH3 is 1. The predicted molar refractivity (Wildman–Crippen MR) is 80.5 cm³/mol. The van der Waals surface area contributed by atoms with Crippen molar-refractivity contribution in [2.45, 2.75) is 0 Å². The second-order valence-corrected chi connectivity index (χ2v) is 4.38. The standard InChI is InChI=1S/C15H19N3O3/c1-20-9-7-17-15(19)18-8-10-21-13-4-5-14-12(11-13)3-2-6-16-14/h2-6,11H,7-10H2,1H3,(H2,17,18,19). The molecule has 0 aliphatic carbocycles. The summed E-state index contributed by atoms with van der Waals surface area (Å²) in [4.78, 5) is 15.6. The summed E-state index contributed by atoms with van der Waals surface area (Å²) in [5.41, 5.74) is 0.931. The summed E-state index contributed by atoms with van der Waals surface area (Å²) in [5.74, 6) is 0.761. The number of amides is 2. The normalized spacial score (nSPS) is 10.3. The third kappa shape index (κ3) is 4.92. The van der Waals surface area contributed by atoms with Crippen molar-refractivity contribution in [3.8, 4) is 5.75 Å². The fourth-order valence-electron chi connectivity index (χ4n) is 1.81. The largest absolute Gasteiger partial charge is 0.492 e. The first-order valence-electron chi connectivity index (χ1n) is 6.78. The third-order valence-electron chi connectivity index (χ3n) is 2.82. The van der Waals surface area contributed by atoms with Crippen molar-refractivity contribution in [3.63, 3.8) is 0 Å². The van der Waals surface area contributed by atoms with E-state index in [9.17, 15) is 4.79 Å². The number of hydrogen-bond donors (Lipinski definition) is 2. The Bertz CT molecular complexity index is 589. The molecule has 0 spiro atoms. The quantitative estimate of drug-likeness (QED) is 0.759. The van der Waals surface area contributed by atoms with E-state index in [0.29, 0.717) is 26.3 Å². The molecule has 1 aromatic heterocycles. The lowest BCUT2D eigenvalue weighted by molar-refractivity contribution is 0.195. The molecule has 0 radical (unpaired) electrons. The Morgan fingerprint density at radius 3 is 2.81 bits per heavy atom. The van der Waals surface area contributed by atoms with Crippen molar-refractivity contribution in [2.24, 2.45) is 0 Å². The maximum absolute atomic E-state index is 11.4. The van der Waals surface area contributed by atoms with Crippen LogP contribution in [0, 0.1) is 0 Å². The maximum Gasteiger partial charge on any atom is 0.314 e. The zero-order chi connectivity index (χ0) is 14.9. The molecule has 0 fully saturated rings. The maximum atomic E-state index is 11.4. The Morgan fingerprint density at radius 1 is 1.19 bits per heavy atom.